The van der Waals surface area contributed by atoms with Gasteiger partial charge in [0.25, 0.3) is 0 Å². The minimum Gasteiger partial charge on any atom is -0.263 e. The molecule has 1 rings (SSSR count). The molecule has 2 nitrogen and oxygen atoms in total. The van der Waals surface area contributed by atoms with Gasteiger partial charge in [-0.05, 0) is 22.9 Å². The van der Waals surface area contributed by atoms with Gasteiger partial charge in [0.2, 0.25) is 0 Å². The molecule has 0 spiro atoms. The smallest absolute Gasteiger partial charge is 0.114 e. The van der Waals surface area contributed by atoms with E-state index in [2.05, 4.69) is 21.0 Å². The van der Waals surface area contributed by atoms with Crippen molar-refractivity contribution in [1.82, 2.24) is 9.78 Å². The summed E-state index contributed by atoms with van der Waals surface area (Å²) < 4.78 is 26.4. The average molecular weight is 239 g/mol. The minimum atomic E-state index is -0.782. The van der Waals surface area contributed by atoms with Crippen LogP contribution in [0.2, 0.25) is 0 Å². The van der Waals surface area contributed by atoms with Crippen LogP contribution in [0.15, 0.2) is 10.7 Å². The Balaban J connectivity index is 2.86. The molecule has 0 amide bonds. The number of nitrogens with zero attached hydrogens (tertiary/aromatic N) is 2. The van der Waals surface area contributed by atoms with Crippen LogP contribution < -0.4 is 0 Å². The van der Waals surface area contributed by atoms with Crippen molar-refractivity contribution in [1.29, 1.82) is 0 Å². The quantitative estimate of drug-likeness (QED) is 0.792. The maximum atomic E-state index is 12.2. The molecule has 12 heavy (non-hydrogen) atoms. The second-order valence-electron chi connectivity index (χ2n) is 2.50. The van der Waals surface area contributed by atoms with Crippen LogP contribution in [0.25, 0.3) is 0 Å². The number of alkyl halides is 2. The highest BCUT2D eigenvalue weighted by molar-refractivity contribution is 9.10. The van der Waals surface area contributed by atoms with Crippen LogP contribution in [0.4, 0.5) is 8.78 Å². The Bertz CT molecular complexity index is 238. The molecule has 0 aromatic carbocycles. The van der Waals surface area contributed by atoms with Crippen LogP contribution in [-0.2, 0) is 0 Å². The van der Waals surface area contributed by atoms with Crippen molar-refractivity contribution in [2.75, 3.05) is 13.3 Å². The van der Waals surface area contributed by atoms with E-state index >= 15 is 0 Å². The van der Waals surface area contributed by atoms with Crippen LogP contribution in [0.5, 0.6) is 0 Å². The molecule has 0 radical (unpaired) electrons. The number of aryl methyl sites for hydroxylation is 1. The molecule has 5 heteroatoms. The molecule has 0 unspecified atom stereocenters. The van der Waals surface area contributed by atoms with E-state index in [4.69, 9.17) is 0 Å². The number of halogens is 3. The van der Waals surface area contributed by atoms with Crippen LogP contribution in [0.1, 0.15) is 11.7 Å². The zero-order chi connectivity index (χ0) is 9.14. The van der Waals surface area contributed by atoms with Crippen LogP contribution in [-0.4, -0.2) is 23.1 Å². The standard InChI is InChI=1S/C7H9BrF2N2/c1-5-7(8)4-12(11-5)6(2-9)3-10/h4,6H,2-3H2,1H3. The van der Waals surface area contributed by atoms with Gasteiger partial charge in [-0.1, -0.05) is 0 Å². The van der Waals surface area contributed by atoms with E-state index in [1.165, 1.54) is 4.68 Å². The predicted octanol–water partition coefficient (Wildman–Crippen LogP) is 2.43. The normalized spacial score (nSPS) is 11.1. The summed E-state index contributed by atoms with van der Waals surface area (Å²) in [5.74, 6) is 0. The molecule has 0 saturated carbocycles. The van der Waals surface area contributed by atoms with E-state index in [0.717, 1.165) is 10.2 Å². The third kappa shape index (κ3) is 1.83. The highest BCUT2D eigenvalue weighted by Gasteiger charge is 2.12. The predicted molar refractivity (Wildman–Crippen MR) is 45.7 cm³/mol. The zero-order valence-corrected chi connectivity index (χ0v) is 8.18. The first kappa shape index (κ1) is 9.64. The lowest BCUT2D eigenvalue weighted by atomic mass is 10.4. The number of aromatic nitrogens is 2. The first-order valence-corrected chi connectivity index (χ1v) is 4.31. The maximum Gasteiger partial charge on any atom is 0.114 e. The molecule has 0 saturated heterocycles. The van der Waals surface area contributed by atoms with Gasteiger partial charge in [-0.3, -0.25) is 4.68 Å². The van der Waals surface area contributed by atoms with Crippen molar-refractivity contribution in [2.45, 2.75) is 13.0 Å². The van der Waals surface area contributed by atoms with Gasteiger partial charge in [-0.15, -0.1) is 0 Å². The molecule has 0 fully saturated rings. The maximum absolute atomic E-state index is 12.2. The molecule has 0 N–H and O–H groups in total. The summed E-state index contributed by atoms with van der Waals surface area (Å²) >= 11 is 3.21. The van der Waals surface area contributed by atoms with Gasteiger partial charge in [0.15, 0.2) is 0 Å². The monoisotopic (exact) mass is 238 g/mol. The van der Waals surface area contributed by atoms with Crippen molar-refractivity contribution in [2.24, 2.45) is 0 Å². The zero-order valence-electron chi connectivity index (χ0n) is 6.60. The van der Waals surface area contributed by atoms with Crippen molar-refractivity contribution in [3.63, 3.8) is 0 Å². The van der Waals surface area contributed by atoms with Gasteiger partial charge in [-0.2, -0.15) is 5.10 Å². The number of rotatable bonds is 3. The van der Waals surface area contributed by atoms with Gasteiger partial charge < -0.3 is 0 Å². The second kappa shape index (κ2) is 3.98. The van der Waals surface area contributed by atoms with Crippen LogP contribution in [0.3, 0.4) is 0 Å². The Morgan fingerprint density at radius 1 is 1.58 bits per heavy atom. The molecule has 0 bridgehead atoms. The van der Waals surface area contributed by atoms with E-state index in [1.807, 2.05) is 0 Å². The summed E-state index contributed by atoms with van der Waals surface area (Å²) in [6.45, 7) is 0.308. The van der Waals surface area contributed by atoms with E-state index < -0.39 is 19.4 Å². The largest absolute Gasteiger partial charge is 0.263 e. The fraction of sp³-hybridized carbons (Fsp3) is 0.571. The number of hydrogen-bond donors (Lipinski definition) is 0. The van der Waals surface area contributed by atoms with Gasteiger partial charge in [0.05, 0.1) is 10.2 Å². The third-order valence-electron chi connectivity index (χ3n) is 1.59. The summed E-state index contributed by atoms with van der Waals surface area (Å²) in [6, 6.07) is -0.782. The first-order valence-electron chi connectivity index (χ1n) is 3.52. The Labute approximate surface area is 77.7 Å². The summed E-state index contributed by atoms with van der Waals surface area (Å²) in [5.41, 5.74) is 0.738. The third-order valence-corrected chi connectivity index (χ3v) is 2.37. The molecule has 0 aliphatic rings. The van der Waals surface area contributed by atoms with Crippen molar-refractivity contribution in [3.05, 3.63) is 16.4 Å². The lowest BCUT2D eigenvalue weighted by Gasteiger charge is -2.07. The summed E-state index contributed by atoms with van der Waals surface area (Å²) in [5, 5.41) is 3.94. The molecular weight excluding hydrogens is 230 g/mol. The minimum absolute atomic E-state index is 0.732. The van der Waals surface area contributed by atoms with Gasteiger partial charge in [0.1, 0.15) is 19.4 Å². The van der Waals surface area contributed by atoms with Gasteiger partial charge in [0, 0.05) is 6.20 Å². The topological polar surface area (TPSA) is 17.8 Å². The van der Waals surface area contributed by atoms with Crippen LogP contribution >= 0.6 is 15.9 Å². The molecule has 1 aromatic rings. The fourth-order valence-electron chi connectivity index (χ4n) is 0.829. The summed E-state index contributed by atoms with van der Waals surface area (Å²) in [4.78, 5) is 0. The highest BCUT2D eigenvalue weighted by atomic mass is 79.9. The van der Waals surface area contributed by atoms with E-state index in [0.29, 0.717) is 0 Å². The average Bonchev–Trinajstić information content (AvgIpc) is 2.35. The van der Waals surface area contributed by atoms with E-state index in [9.17, 15) is 8.78 Å². The fourth-order valence-corrected chi connectivity index (χ4v) is 1.12. The molecule has 0 atom stereocenters. The lowest BCUT2D eigenvalue weighted by molar-refractivity contribution is 0.271. The highest BCUT2D eigenvalue weighted by Crippen LogP contribution is 2.17. The SMILES string of the molecule is Cc1nn(C(CF)CF)cc1Br. The van der Waals surface area contributed by atoms with Gasteiger partial charge >= 0.3 is 0 Å². The van der Waals surface area contributed by atoms with Gasteiger partial charge in [-0.25, -0.2) is 8.78 Å². The Morgan fingerprint density at radius 3 is 2.50 bits per heavy atom. The molecule has 68 valence electrons. The molecule has 0 aliphatic carbocycles. The van der Waals surface area contributed by atoms with Crippen molar-refractivity contribution >= 4 is 15.9 Å². The second-order valence-corrected chi connectivity index (χ2v) is 3.36. The Kier molecular flexibility index (Phi) is 3.20. The Hall–Kier alpha value is -0.450. The Morgan fingerprint density at radius 2 is 2.17 bits per heavy atom. The number of hydrogen-bond acceptors (Lipinski definition) is 1. The van der Waals surface area contributed by atoms with Crippen molar-refractivity contribution in [3.8, 4) is 0 Å². The first-order chi connectivity index (χ1) is 5.69. The van der Waals surface area contributed by atoms with E-state index in [1.54, 1.807) is 13.1 Å². The molecule has 0 aliphatic heterocycles. The molecule has 1 aromatic heterocycles. The molecule has 1 heterocycles. The van der Waals surface area contributed by atoms with Crippen LogP contribution in [0, 0.1) is 6.92 Å². The summed E-state index contributed by atoms with van der Waals surface area (Å²) in [7, 11) is 0. The lowest BCUT2D eigenvalue weighted by Crippen LogP contribution is -2.13. The van der Waals surface area contributed by atoms with E-state index in [-0.39, 0.29) is 0 Å². The van der Waals surface area contributed by atoms with Crippen molar-refractivity contribution < 1.29 is 8.78 Å². The molecular formula is C7H9BrF2N2. The summed E-state index contributed by atoms with van der Waals surface area (Å²) in [6.07, 6.45) is 1.58.